The molecule has 1 amide bonds. The molecule has 0 radical (unpaired) electrons. The Labute approximate surface area is 135 Å². The number of pyridine rings is 1. The number of nitrogens with one attached hydrogen (secondary N) is 1. The van der Waals surface area contributed by atoms with E-state index in [2.05, 4.69) is 15.2 Å². The molecular weight excluding hydrogens is 296 g/mol. The Balaban J connectivity index is 1.55. The quantitative estimate of drug-likeness (QED) is 0.666. The predicted molar refractivity (Wildman–Crippen MR) is 86.3 cm³/mol. The van der Waals surface area contributed by atoms with E-state index in [4.69, 9.17) is 0 Å². The molecule has 2 heterocycles. The van der Waals surface area contributed by atoms with Gasteiger partial charge in [-0.15, -0.1) is 0 Å². The molecule has 1 N–H and O–H groups in total. The molecule has 0 atom stereocenters. The highest BCUT2D eigenvalue weighted by Gasteiger charge is 2.45. The number of carbonyl (C=O) groups excluding carboxylic acids is 1. The lowest BCUT2D eigenvalue weighted by Gasteiger charge is -2.46. The first-order valence-corrected chi connectivity index (χ1v) is 8.16. The van der Waals surface area contributed by atoms with E-state index < -0.39 is 4.92 Å². The first-order chi connectivity index (χ1) is 11.0. The maximum Gasteiger partial charge on any atom is 0.292 e. The molecule has 1 aromatic heterocycles. The molecule has 7 nitrogen and oxygen atoms in total. The number of anilines is 1. The van der Waals surface area contributed by atoms with Gasteiger partial charge in [0.1, 0.15) is 5.69 Å². The van der Waals surface area contributed by atoms with Crippen LogP contribution >= 0.6 is 0 Å². The Kier molecular flexibility index (Phi) is 4.30. The summed E-state index contributed by atoms with van der Waals surface area (Å²) in [7, 11) is 0. The Hall–Kier alpha value is -2.02. The summed E-state index contributed by atoms with van der Waals surface area (Å²) in [5, 5.41) is 13.6. The van der Waals surface area contributed by atoms with Gasteiger partial charge in [0.05, 0.1) is 16.8 Å². The zero-order valence-electron chi connectivity index (χ0n) is 13.4. The second kappa shape index (κ2) is 6.23. The smallest absolute Gasteiger partial charge is 0.292 e. The predicted octanol–water partition coefficient (Wildman–Crippen LogP) is 2.65. The first kappa shape index (κ1) is 15.9. The van der Waals surface area contributed by atoms with Gasteiger partial charge in [-0.1, -0.05) is 0 Å². The zero-order valence-corrected chi connectivity index (χ0v) is 13.4. The van der Waals surface area contributed by atoms with Gasteiger partial charge < -0.3 is 5.32 Å². The van der Waals surface area contributed by atoms with Crippen molar-refractivity contribution in [3.63, 3.8) is 0 Å². The molecule has 2 fully saturated rings. The van der Waals surface area contributed by atoms with Crippen LogP contribution in [-0.2, 0) is 4.79 Å². The lowest BCUT2D eigenvalue weighted by molar-refractivity contribution is -0.385. The molecule has 1 spiro atoms. The number of hydrogen-bond donors (Lipinski definition) is 1. The van der Waals surface area contributed by atoms with Crippen molar-refractivity contribution in [2.75, 3.05) is 18.4 Å². The van der Waals surface area contributed by atoms with Crippen LogP contribution < -0.4 is 5.32 Å². The van der Waals surface area contributed by atoms with Gasteiger partial charge in [0.2, 0.25) is 5.91 Å². The molecule has 2 aliphatic rings. The molecule has 124 valence electrons. The number of likely N-dealkylation sites (tertiary alicyclic amines) is 1. The van der Waals surface area contributed by atoms with Crippen molar-refractivity contribution in [2.24, 2.45) is 0 Å². The minimum absolute atomic E-state index is 0.0734. The van der Waals surface area contributed by atoms with Crippen molar-refractivity contribution in [1.29, 1.82) is 0 Å². The van der Waals surface area contributed by atoms with Crippen LogP contribution in [0.4, 0.5) is 11.4 Å². The average molecular weight is 318 g/mol. The average Bonchev–Trinajstić information content (AvgIpc) is 2.91. The third-order valence-electron chi connectivity index (χ3n) is 5.17. The van der Waals surface area contributed by atoms with E-state index in [9.17, 15) is 14.9 Å². The summed E-state index contributed by atoms with van der Waals surface area (Å²) in [6, 6.07) is 1.36. The fourth-order valence-electron chi connectivity index (χ4n) is 3.73. The lowest BCUT2D eigenvalue weighted by Crippen LogP contribution is -2.49. The van der Waals surface area contributed by atoms with Gasteiger partial charge in [0, 0.05) is 24.6 Å². The number of carbonyl (C=O) groups is 1. The SMILES string of the molecule is Cc1ncc(NC(=O)CCN2CCCC23CCC3)cc1[N+](=O)[O-]. The van der Waals surface area contributed by atoms with Crippen LogP contribution in [0.15, 0.2) is 12.3 Å². The summed E-state index contributed by atoms with van der Waals surface area (Å²) in [5.41, 5.74) is 1.02. The number of hydrogen-bond acceptors (Lipinski definition) is 5. The Bertz CT molecular complexity index is 628. The summed E-state index contributed by atoms with van der Waals surface area (Å²) in [6.07, 6.45) is 8.14. The van der Waals surface area contributed by atoms with Crippen molar-refractivity contribution in [3.05, 3.63) is 28.1 Å². The van der Waals surface area contributed by atoms with Crippen LogP contribution in [0.3, 0.4) is 0 Å². The van der Waals surface area contributed by atoms with E-state index in [1.54, 1.807) is 6.92 Å². The molecule has 0 unspecified atom stereocenters. The van der Waals surface area contributed by atoms with Crippen LogP contribution in [-0.4, -0.2) is 39.3 Å². The Morgan fingerprint density at radius 1 is 1.43 bits per heavy atom. The molecule has 7 heteroatoms. The maximum absolute atomic E-state index is 12.1. The zero-order chi connectivity index (χ0) is 16.4. The van der Waals surface area contributed by atoms with Crippen molar-refractivity contribution >= 4 is 17.3 Å². The number of nitro groups is 1. The topological polar surface area (TPSA) is 88.4 Å². The minimum Gasteiger partial charge on any atom is -0.324 e. The molecule has 0 bridgehead atoms. The summed E-state index contributed by atoms with van der Waals surface area (Å²) >= 11 is 0. The van der Waals surface area contributed by atoms with Gasteiger partial charge in [-0.25, -0.2) is 0 Å². The Morgan fingerprint density at radius 2 is 2.17 bits per heavy atom. The highest BCUT2D eigenvalue weighted by atomic mass is 16.6. The van der Waals surface area contributed by atoms with E-state index in [0.717, 1.165) is 13.1 Å². The molecule has 23 heavy (non-hydrogen) atoms. The van der Waals surface area contributed by atoms with Gasteiger partial charge in [0.15, 0.2) is 0 Å². The molecule has 1 aromatic rings. The highest BCUT2D eigenvalue weighted by Crippen LogP contribution is 2.45. The third-order valence-corrected chi connectivity index (χ3v) is 5.17. The number of aryl methyl sites for hydroxylation is 1. The normalized spacial score (nSPS) is 19.5. The number of nitrogens with zero attached hydrogens (tertiary/aromatic N) is 3. The largest absolute Gasteiger partial charge is 0.324 e. The second-order valence-corrected chi connectivity index (χ2v) is 6.55. The van der Waals surface area contributed by atoms with Gasteiger partial charge in [-0.3, -0.25) is 24.8 Å². The fraction of sp³-hybridized carbons (Fsp3) is 0.625. The standard InChI is InChI=1S/C16H22N4O3/c1-12-14(20(22)23)10-13(11-17-12)18-15(21)4-9-19-8-3-7-16(19)5-2-6-16/h10-11H,2-9H2,1H3,(H,18,21). The molecule has 1 aliphatic heterocycles. The molecule has 1 saturated heterocycles. The van der Waals surface area contributed by atoms with Gasteiger partial charge in [-0.05, 0) is 45.6 Å². The van der Waals surface area contributed by atoms with Crippen molar-refractivity contribution < 1.29 is 9.72 Å². The van der Waals surface area contributed by atoms with Crippen LogP contribution in [0, 0.1) is 17.0 Å². The number of amides is 1. The summed E-state index contributed by atoms with van der Waals surface area (Å²) in [6.45, 7) is 3.41. The monoisotopic (exact) mass is 318 g/mol. The van der Waals surface area contributed by atoms with Crippen LogP contribution in [0.2, 0.25) is 0 Å². The van der Waals surface area contributed by atoms with Crippen molar-refractivity contribution in [3.8, 4) is 0 Å². The van der Waals surface area contributed by atoms with Crippen LogP contribution in [0.5, 0.6) is 0 Å². The first-order valence-electron chi connectivity index (χ1n) is 8.16. The second-order valence-electron chi connectivity index (χ2n) is 6.55. The lowest BCUT2D eigenvalue weighted by atomic mass is 9.75. The van der Waals surface area contributed by atoms with Gasteiger partial charge in [0.25, 0.3) is 5.69 Å². The summed E-state index contributed by atoms with van der Waals surface area (Å²) < 4.78 is 0. The van der Waals surface area contributed by atoms with E-state index >= 15 is 0 Å². The molecule has 1 saturated carbocycles. The maximum atomic E-state index is 12.1. The third kappa shape index (κ3) is 3.19. The van der Waals surface area contributed by atoms with Crippen LogP contribution in [0.25, 0.3) is 0 Å². The molecule has 1 aliphatic carbocycles. The van der Waals surface area contributed by atoms with E-state index in [0.29, 0.717) is 23.3 Å². The molecule has 3 rings (SSSR count). The van der Waals surface area contributed by atoms with Crippen LogP contribution in [0.1, 0.15) is 44.2 Å². The number of rotatable bonds is 5. The van der Waals surface area contributed by atoms with Crippen molar-refractivity contribution in [2.45, 2.75) is 51.0 Å². The Morgan fingerprint density at radius 3 is 2.83 bits per heavy atom. The number of aromatic nitrogens is 1. The van der Waals surface area contributed by atoms with Crippen molar-refractivity contribution in [1.82, 2.24) is 9.88 Å². The summed E-state index contributed by atoms with van der Waals surface area (Å²) in [4.78, 5) is 29.0. The van der Waals surface area contributed by atoms with E-state index in [1.807, 2.05) is 0 Å². The van der Waals surface area contributed by atoms with Gasteiger partial charge in [-0.2, -0.15) is 0 Å². The molecular formula is C16H22N4O3. The summed E-state index contributed by atoms with van der Waals surface area (Å²) in [5.74, 6) is -0.119. The minimum atomic E-state index is -0.484. The molecule has 0 aromatic carbocycles. The van der Waals surface area contributed by atoms with E-state index in [1.165, 1.54) is 44.4 Å². The van der Waals surface area contributed by atoms with E-state index in [-0.39, 0.29) is 11.6 Å². The fourth-order valence-corrected chi connectivity index (χ4v) is 3.73. The highest BCUT2D eigenvalue weighted by molar-refractivity contribution is 5.91. The van der Waals surface area contributed by atoms with Gasteiger partial charge >= 0.3 is 0 Å².